The van der Waals surface area contributed by atoms with Gasteiger partial charge in [0.15, 0.2) is 11.5 Å². The van der Waals surface area contributed by atoms with Crippen molar-refractivity contribution in [1.82, 2.24) is 19.5 Å². The van der Waals surface area contributed by atoms with Crippen molar-refractivity contribution in [3.05, 3.63) is 12.7 Å². The Morgan fingerprint density at radius 2 is 2.18 bits per heavy atom. The van der Waals surface area contributed by atoms with E-state index in [1.54, 1.807) is 17.8 Å². The van der Waals surface area contributed by atoms with E-state index in [1.165, 1.54) is 6.33 Å². The van der Waals surface area contributed by atoms with E-state index in [0.717, 1.165) is 0 Å². The van der Waals surface area contributed by atoms with Gasteiger partial charge in [0, 0.05) is 13.1 Å². The van der Waals surface area contributed by atoms with E-state index in [-0.39, 0.29) is 6.61 Å². The van der Waals surface area contributed by atoms with Gasteiger partial charge in [-0.05, 0) is 6.92 Å². The van der Waals surface area contributed by atoms with Crippen LogP contribution in [0.3, 0.4) is 0 Å². The average Bonchev–Trinajstić information content (AvgIpc) is 2.84. The Morgan fingerprint density at radius 1 is 1.41 bits per heavy atom. The van der Waals surface area contributed by atoms with Crippen LogP contribution in [0.25, 0.3) is 11.2 Å². The summed E-state index contributed by atoms with van der Waals surface area (Å²) in [6, 6.07) is 0. The summed E-state index contributed by atoms with van der Waals surface area (Å²) >= 11 is 0. The van der Waals surface area contributed by atoms with Crippen molar-refractivity contribution < 1.29 is 24.2 Å². The summed E-state index contributed by atoms with van der Waals surface area (Å²) < 4.78 is 17.3. The van der Waals surface area contributed by atoms with Gasteiger partial charge < -0.3 is 29.5 Å². The molecule has 1 atom stereocenters. The number of nitrogens with one attached hydrogen (secondary N) is 1. The van der Waals surface area contributed by atoms with Gasteiger partial charge in [0.2, 0.25) is 0 Å². The third kappa shape index (κ3) is 4.72. The Morgan fingerprint density at radius 3 is 2.86 bits per heavy atom. The lowest BCUT2D eigenvalue weighted by atomic mass is 10.4. The minimum Gasteiger partial charge on any atom is -0.392 e. The smallest absolute Gasteiger partial charge is 0.350 e. The number of ether oxygens (including phenoxy) is 1. The molecule has 0 saturated heterocycles. The Hall–Kier alpha value is -1.58. The molecule has 0 amide bonds. The summed E-state index contributed by atoms with van der Waals surface area (Å²) in [5, 5.41) is 12.3. The fourth-order valence-corrected chi connectivity index (χ4v) is 2.13. The van der Waals surface area contributed by atoms with Crippen LogP contribution in [0.2, 0.25) is 0 Å². The first kappa shape index (κ1) is 16.8. The Kier molecular flexibility index (Phi) is 5.43. The van der Waals surface area contributed by atoms with Gasteiger partial charge in [-0.1, -0.05) is 0 Å². The van der Waals surface area contributed by atoms with E-state index >= 15 is 0 Å². The van der Waals surface area contributed by atoms with Crippen molar-refractivity contribution in [2.24, 2.45) is 0 Å². The monoisotopic (exact) mass is 331 g/mol. The number of anilines is 1. The molecular formula is C11H18N5O5P. The van der Waals surface area contributed by atoms with Crippen LogP contribution < -0.4 is 5.32 Å². The number of hydrogen-bond acceptors (Lipinski definition) is 7. The molecule has 0 aliphatic heterocycles. The second kappa shape index (κ2) is 7.12. The van der Waals surface area contributed by atoms with Crippen molar-refractivity contribution in [1.29, 1.82) is 0 Å². The first-order valence-corrected chi connectivity index (χ1v) is 8.36. The van der Waals surface area contributed by atoms with Crippen molar-refractivity contribution in [2.45, 2.75) is 19.6 Å². The van der Waals surface area contributed by atoms with Gasteiger partial charge in [0.05, 0.1) is 19.0 Å². The molecular weight excluding hydrogens is 313 g/mol. The van der Waals surface area contributed by atoms with E-state index < -0.39 is 20.0 Å². The van der Waals surface area contributed by atoms with E-state index in [1.807, 2.05) is 0 Å². The first-order valence-electron chi connectivity index (χ1n) is 6.57. The van der Waals surface area contributed by atoms with Crippen LogP contribution in [0.15, 0.2) is 12.7 Å². The van der Waals surface area contributed by atoms with Crippen LogP contribution >= 0.6 is 7.60 Å². The Bertz CT molecular complexity index is 670. The van der Waals surface area contributed by atoms with Gasteiger partial charge in [-0.15, -0.1) is 0 Å². The highest BCUT2D eigenvalue weighted by Gasteiger charge is 2.13. The molecule has 4 N–H and O–H groups in total. The van der Waals surface area contributed by atoms with E-state index in [0.29, 0.717) is 30.1 Å². The van der Waals surface area contributed by atoms with E-state index in [4.69, 9.17) is 14.5 Å². The molecule has 0 radical (unpaired) electrons. The van der Waals surface area contributed by atoms with Crippen LogP contribution in [0.5, 0.6) is 0 Å². The molecule has 22 heavy (non-hydrogen) atoms. The number of aliphatic hydroxyl groups excluding tert-OH is 1. The molecule has 0 aromatic carbocycles. The predicted octanol–water partition coefficient (Wildman–Crippen LogP) is -0.229. The second-order valence-corrected chi connectivity index (χ2v) is 6.35. The predicted molar refractivity (Wildman–Crippen MR) is 78.4 cm³/mol. The lowest BCUT2D eigenvalue weighted by Crippen LogP contribution is -2.16. The number of rotatable bonds is 8. The third-order valence-electron chi connectivity index (χ3n) is 2.70. The van der Waals surface area contributed by atoms with Crippen LogP contribution in [-0.4, -0.2) is 60.0 Å². The average molecular weight is 331 g/mol. The Balaban J connectivity index is 2.03. The van der Waals surface area contributed by atoms with Crippen LogP contribution in [-0.2, 0) is 15.8 Å². The van der Waals surface area contributed by atoms with Gasteiger partial charge in [0.1, 0.15) is 18.2 Å². The molecule has 122 valence electrons. The quantitative estimate of drug-likeness (QED) is 0.381. The maximum Gasteiger partial charge on any atom is 0.350 e. The van der Waals surface area contributed by atoms with Crippen LogP contribution in [0.1, 0.15) is 6.92 Å². The number of fused-ring (bicyclic) bond motifs is 1. The summed E-state index contributed by atoms with van der Waals surface area (Å²) in [6.45, 7) is 2.47. The molecule has 0 spiro atoms. The SMILES string of the molecule is CC(O)CNc1ncnc2c1ncn2CCOCP(=O)(O)O. The van der Waals surface area contributed by atoms with E-state index in [9.17, 15) is 9.67 Å². The fourth-order valence-electron chi connectivity index (χ4n) is 1.76. The minimum absolute atomic E-state index is 0.122. The minimum atomic E-state index is -4.15. The highest BCUT2D eigenvalue weighted by atomic mass is 31.2. The lowest BCUT2D eigenvalue weighted by molar-refractivity contribution is 0.149. The standard InChI is InChI=1S/C11H18N5O5P/c1-8(17)4-12-10-9-11(14-5-13-10)16(6-15-9)2-3-21-7-22(18,19)20/h5-6,8,17H,2-4,7H2,1H3,(H,12,13,14)(H2,18,19,20). The van der Waals surface area contributed by atoms with Crippen molar-refractivity contribution in [3.8, 4) is 0 Å². The van der Waals surface area contributed by atoms with Crippen molar-refractivity contribution >= 4 is 24.6 Å². The third-order valence-corrected chi connectivity index (χ3v) is 3.22. The molecule has 0 saturated carbocycles. The Labute approximate surface area is 126 Å². The summed E-state index contributed by atoms with van der Waals surface area (Å²) in [4.78, 5) is 29.8. The molecule has 0 fully saturated rings. The number of imidazole rings is 1. The zero-order valence-electron chi connectivity index (χ0n) is 12.0. The maximum absolute atomic E-state index is 10.7. The maximum atomic E-state index is 10.7. The van der Waals surface area contributed by atoms with Crippen molar-refractivity contribution in [2.75, 3.05) is 24.8 Å². The molecule has 0 aliphatic rings. The topological polar surface area (TPSA) is 143 Å². The molecule has 11 heteroatoms. The number of aromatic nitrogens is 4. The summed E-state index contributed by atoms with van der Waals surface area (Å²) in [5.41, 5.74) is 1.13. The number of aliphatic hydroxyl groups is 1. The summed E-state index contributed by atoms with van der Waals surface area (Å²) in [7, 11) is -4.15. The van der Waals surface area contributed by atoms with Gasteiger partial charge in [-0.25, -0.2) is 15.0 Å². The van der Waals surface area contributed by atoms with Crippen LogP contribution in [0, 0.1) is 0 Å². The highest BCUT2D eigenvalue weighted by molar-refractivity contribution is 7.51. The van der Waals surface area contributed by atoms with Gasteiger partial charge in [-0.3, -0.25) is 4.57 Å². The highest BCUT2D eigenvalue weighted by Crippen LogP contribution is 2.33. The molecule has 2 heterocycles. The molecule has 2 aromatic rings. The molecule has 2 rings (SSSR count). The molecule has 10 nitrogen and oxygen atoms in total. The lowest BCUT2D eigenvalue weighted by Gasteiger charge is -2.08. The van der Waals surface area contributed by atoms with E-state index in [2.05, 4.69) is 20.3 Å². The van der Waals surface area contributed by atoms with Crippen molar-refractivity contribution in [3.63, 3.8) is 0 Å². The summed E-state index contributed by atoms with van der Waals surface area (Å²) in [6.07, 6.45) is 1.79. The molecule has 0 bridgehead atoms. The first-order chi connectivity index (χ1) is 10.4. The molecule has 1 unspecified atom stereocenters. The number of nitrogens with zero attached hydrogens (tertiary/aromatic N) is 4. The zero-order chi connectivity index (χ0) is 16.2. The van der Waals surface area contributed by atoms with Gasteiger partial charge in [-0.2, -0.15) is 0 Å². The largest absolute Gasteiger partial charge is 0.392 e. The summed E-state index contributed by atoms with van der Waals surface area (Å²) in [5.74, 6) is 0.515. The van der Waals surface area contributed by atoms with Crippen LogP contribution in [0.4, 0.5) is 5.82 Å². The number of hydrogen-bond donors (Lipinski definition) is 4. The van der Waals surface area contributed by atoms with Gasteiger partial charge in [0.25, 0.3) is 0 Å². The van der Waals surface area contributed by atoms with Gasteiger partial charge >= 0.3 is 7.60 Å². The zero-order valence-corrected chi connectivity index (χ0v) is 12.8. The molecule has 2 aromatic heterocycles. The normalized spacial score (nSPS) is 13.5. The molecule has 0 aliphatic carbocycles. The fraction of sp³-hybridized carbons (Fsp3) is 0.545. The second-order valence-electron chi connectivity index (χ2n) is 4.76.